The Kier molecular flexibility index (Phi) is 9.47. The molecule has 2 aromatic heterocycles. The van der Waals surface area contributed by atoms with Gasteiger partial charge in [0.05, 0.1) is 24.8 Å². The molecule has 2 amide bonds. The molecule has 2 aliphatic rings. The highest BCUT2D eigenvalue weighted by atomic mass is 16.5. The fourth-order valence-corrected chi connectivity index (χ4v) is 5.76. The van der Waals surface area contributed by atoms with Gasteiger partial charge in [-0.1, -0.05) is 62.4 Å². The van der Waals surface area contributed by atoms with E-state index in [1.165, 1.54) is 0 Å². The van der Waals surface area contributed by atoms with E-state index in [1.54, 1.807) is 23.2 Å². The summed E-state index contributed by atoms with van der Waals surface area (Å²) in [5.74, 6) is 0.992. The lowest BCUT2D eigenvalue weighted by Gasteiger charge is -2.28. The van der Waals surface area contributed by atoms with Crippen LogP contribution in [0.3, 0.4) is 0 Å². The van der Waals surface area contributed by atoms with Gasteiger partial charge in [0.25, 0.3) is 0 Å². The predicted molar refractivity (Wildman–Crippen MR) is 176 cm³/mol. The Balaban J connectivity index is 1.18. The molecule has 45 heavy (non-hydrogen) atoms. The van der Waals surface area contributed by atoms with Crippen molar-refractivity contribution in [2.24, 2.45) is 5.92 Å². The van der Waals surface area contributed by atoms with Gasteiger partial charge in [-0.15, -0.1) is 0 Å². The number of ether oxygens (including phenoxy) is 1. The van der Waals surface area contributed by atoms with E-state index in [0.29, 0.717) is 24.1 Å². The number of hydrogen-bond donors (Lipinski definition) is 2. The van der Waals surface area contributed by atoms with Crippen LogP contribution in [0.15, 0.2) is 91.1 Å². The van der Waals surface area contributed by atoms with Crippen LogP contribution >= 0.6 is 0 Å². The number of carbonyl (C=O) groups excluding carboxylic acids is 2. The maximum absolute atomic E-state index is 14.4. The number of para-hydroxylation sites is 1. The van der Waals surface area contributed by atoms with Crippen LogP contribution < -0.4 is 10.2 Å². The van der Waals surface area contributed by atoms with E-state index >= 15 is 0 Å². The zero-order chi connectivity index (χ0) is 31.2. The minimum atomic E-state index is -0.401. The van der Waals surface area contributed by atoms with Gasteiger partial charge in [0.2, 0.25) is 11.8 Å². The molecule has 1 atom stereocenters. The van der Waals surface area contributed by atoms with Gasteiger partial charge >= 0.3 is 0 Å². The fourth-order valence-electron chi connectivity index (χ4n) is 5.76. The monoisotopic (exact) mass is 604 g/mol. The average molecular weight is 605 g/mol. The Morgan fingerprint density at radius 1 is 1.02 bits per heavy atom. The number of anilines is 3. The summed E-state index contributed by atoms with van der Waals surface area (Å²) >= 11 is 0. The first-order valence-corrected chi connectivity index (χ1v) is 15.7. The van der Waals surface area contributed by atoms with Crippen molar-refractivity contribution in [3.05, 3.63) is 102 Å². The Morgan fingerprint density at radius 3 is 2.53 bits per heavy atom. The van der Waals surface area contributed by atoms with Gasteiger partial charge in [0.15, 0.2) is 5.82 Å². The second-order valence-electron chi connectivity index (χ2n) is 12.0. The third-order valence-corrected chi connectivity index (χ3v) is 8.33. The van der Waals surface area contributed by atoms with Crippen LogP contribution in [0.4, 0.5) is 17.3 Å². The Hall–Kier alpha value is -4.60. The summed E-state index contributed by atoms with van der Waals surface area (Å²) < 4.78 is 5.36. The summed E-state index contributed by atoms with van der Waals surface area (Å²) in [4.78, 5) is 35.4. The Labute approximate surface area is 264 Å². The van der Waals surface area contributed by atoms with Gasteiger partial charge < -0.3 is 10.1 Å². The third kappa shape index (κ3) is 7.56. The number of aromatic nitrogens is 3. The van der Waals surface area contributed by atoms with Crippen molar-refractivity contribution in [2.45, 2.75) is 38.5 Å². The molecule has 2 aromatic carbocycles. The number of amides is 2. The quantitative estimate of drug-likeness (QED) is 0.195. The number of hydrogen-bond acceptors (Lipinski definition) is 6. The summed E-state index contributed by atoms with van der Waals surface area (Å²) in [5, 5.41) is 10.6. The molecule has 232 valence electrons. The van der Waals surface area contributed by atoms with Gasteiger partial charge in [-0.2, -0.15) is 5.10 Å². The maximum Gasteiger partial charge on any atom is 0.249 e. The molecule has 9 heteroatoms. The molecular weight excluding hydrogens is 564 g/mol. The number of aromatic amines is 1. The second kappa shape index (κ2) is 14.0. The van der Waals surface area contributed by atoms with E-state index in [-0.39, 0.29) is 17.7 Å². The van der Waals surface area contributed by atoms with Crippen LogP contribution in [0.25, 0.3) is 11.1 Å². The van der Waals surface area contributed by atoms with Crippen molar-refractivity contribution in [3.63, 3.8) is 0 Å². The predicted octanol–water partition coefficient (Wildman–Crippen LogP) is 6.28. The lowest BCUT2D eigenvalue weighted by molar-refractivity contribution is -0.120. The van der Waals surface area contributed by atoms with E-state index in [9.17, 15) is 9.59 Å². The van der Waals surface area contributed by atoms with Gasteiger partial charge in [-0.05, 0) is 54.2 Å². The van der Waals surface area contributed by atoms with E-state index in [1.807, 2.05) is 66.7 Å². The molecule has 9 nitrogen and oxygen atoms in total. The first-order chi connectivity index (χ1) is 22.0. The van der Waals surface area contributed by atoms with Crippen molar-refractivity contribution in [3.8, 4) is 11.1 Å². The molecule has 3 heterocycles. The molecule has 1 aliphatic carbocycles. The lowest BCUT2D eigenvalue weighted by Crippen LogP contribution is -2.36. The van der Waals surface area contributed by atoms with Crippen molar-refractivity contribution >= 4 is 29.1 Å². The van der Waals surface area contributed by atoms with Gasteiger partial charge in [-0.25, -0.2) is 4.98 Å². The van der Waals surface area contributed by atoms with Crippen LogP contribution in [0.2, 0.25) is 0 Å². The third-order valence-electron chi connectivity index (χ3n) is 8.33. The number of carbonyl (C=O) groups is 2. The molecule has 0 spiro atoms. The fraction of sp³-hybridized carbons (Fsp3) is 0.333. The Morgan fingerprint density at radius 2 is 1.82 bits per heavy atom. The molecule has 0 bridgehead atoms. The van der Waals surface area contributed by atoms with Crippen LogP contribution in [-0.4, -0.2) is 64.7 Å². The van der Waals surface area contributed by atoms with Crippen molar-refractivity contribution < 1.29 is 14.3 Å². The molecule has 1 saturated carbocycles. The van der Waals surface area contributed by atoms with E-state index in [4.69, 9.17) is 4.74 Å². The largest absolute Gasteiger partial charge is 0.379 e. The van der Waals surface area contributed by atoms with E-state index in [2.05, 4.69) is 45.3 Å². The molecule has 2 fully saturated rings. The molecule has 6 rings (SSSR count). The number of H-pyrrole nitrogens is 1. The molecular formula is C36H40N6O3. The zero-order valence-corrected chi connectivity index (χ0v) is 25.9. The van der Waals surface area contributed by atoms with Gasteiger partial charge in [-0.3, -0.25) is 24.5 Å². The summed E-state index contributed by atoms with van der Waals surface area (Å²) in [6.07, 6.45) is 7.46. The number of rotatable bonds is 11. The highest BCUT2D eigenvalue weighted by Crippen LogP contribution is 2.41. The van der Waals surface area contributed by atoms with Crippen molar-refractivity contribution in [1.82, 2.24) is 20.1 Å². The first kappa shape index (κ1) is 30.4. The minimum absolute atomic E-state index is 0.0277. The Bertz CT molecular complexity index is 1620. The summed E-state index contributed by atoms with van der Waals surface area (Å²) in [6, 6.07) is 23.5. The number of pyridine rings is 1. The van der Waals surface area contributed by atoms with Crippen LogP contribution in [0, 0.1) is 5.92 Å². The molecule has 4 aromatic rings. The minimum Gasteiger partial charge on any atom is -0.379 e. The maximum atomic E-state index is 14.4. The summed E-state index contributed by atoms with van der Waals surface area (Å²) in [6.45, 7) is 8.07. The lowest BCUT2D eigenvalue weighted by atomic mass is 9.85. The zero-order valence-electron chi connectivity index (χ0n) is 25.9. The molecule has 1 aliphatic heterocycles. The molecule has 2 N–H and O–H groups in total. The van der Waals surface area contributed by atoms with Gasteiger partial charge in [0.1, 0.15) is 5.82 Å². The topological polar surface area (TPSA) is 103 Å². The molecule has 1 saturated heterocycles. The molecule has 0 radical (unpaired) electrons. The first-order valence-electron chi connectivity index (χ1n) is 15.7. The number of benzene rings is 2. The van der Waals surface area contributed by atoms with E-state index in [0.717, 1.165) is 67.2 Å². The van der Waals surface area contributed by atoms with Crippen molar-refractivity contribution in [2.75, 3.05) is 43.1 Å². The summed E-state index contributed by atoms with van der Waals surface area (Å²) in [7, 11) is 0. The number of morpholine rings is 1. The van der Waals surface area contributed by atoms with Crippen LogP contribution in [0.1, 0.15) is 49.8 Å². The second-order valence-corrected chi connectivity index (χ2v) is 12.0. The standard InChI is InChI=1S/C36H40N6O3/c1-25(2)35(36(44)42(30-10-4-3-5-11-30)33-23-31(39-40-33)26-13-14-26)28-9-6-8-27(22-28)29-15-16-32(37-24-29)38-34(43)12-7-17-41-18-20-45-21-19-41/h3-12,15-16,22-26,35H,13-14,17-21H2,1-2H3,(H,39,40)(H,37,38,43)/b12-7+/t35-/m0/s1. The summed E-state index contributed by atoms with van der Waals surface area (Å²) in [5.41, 5.74) is 4.64. The van der Waals surface area contributed by atoms with Gasteiger partial charge in [0, 0.05) is 55.1 Å². The highest BCUT2D eigenvalue weighted by Gasteiger charge is 2.33. The molecule has 0 unspecified atom stereocenters. The number of nitrogens with one attached hydrogen (secondary N) is 2. The van der Waals surface area contributed by atoms with Crippen LogP contribution in [0.5, 0.6) is 0 Å². The normalized spacial score (nSPS) is 16.2. The highest BCUT2D eigenvalue weighted by molar-refractivity contribution is 6.04. The number of nitrogens with zero attached hydrogens (tertiary/aromatic N) is 4. The van der Waals surface area contributed by atoms with E-state index < -0.39 is 5.92 Å². The average Bonchev–Trinajstić information content (AvgIpc) is 3.80. The van der Waals surface area contributed by atoms with Crippen LogP contribution in [-0.2, 0) is 14.3 Å². The SMILES string of the molecule is CC(C)[C@H](C(=O)N(c1ccccc1)c1cc(C2CC2)[nH]n1)c1cccc(-c2ccc(NC(=O)/C=C/CN3CCOCC3)nc2)c1. The smallest absolute Gasteiger partial charge is 0.249 e. The van der Waals surface area contributed by atoms with Crippen molar-refractivity contribution in [1.29, 1.82) is 0 Å².